The van der Waals surface area contributed by atoms with Gasteiger partial charge >= 0.3 is 5.69 Å². The summed E-state index contributed by atoms with van der Waals surface area (Å²) < 4.78 is 6.07. The number of halogens is 2. The van der Waals surface area contributed by atoms with Crippen molar-refractivity contribution < 1.29 is 9.53 Å². The third kappa shape index (κ3) is 6.21. The van der Waals surface area contributed by atoms with Crippen molar-refractivity contribution in [2.45, 2.75) is 32.4 Å². The third-order valence-corrected chi connectivity index (χ3v) is 6.13. The molecule has 0 spiro atoms. The smallest absolute Gasteiger partial charge is 0.328 e. The maximum atomic E-state index is 13.0. The molecule has 1 aromatic heterocycles. The van der Waals surface area contributed by atoms with Gasteiger partial charge < -0.3 is 20.4 Å². The molecule has 1 heterocycles. The van der Waals surface area contributed by atoms with E-state index in [1.54, 1.807) is 31.4 Å². The molecular formula is C24H26Cl2N4O4. The number of carbonyl (C=O) groups excluding carboxylic acids is 1. The topological polar surface area (TPSA) is 105 Å². The Morgan fingerprint density at radius 1 is 1.09 bits per heavy atom. The number of H-pyrrole nitrogens is 1. The fraction of sp³-hybridized carbons (Fsp3) is 0.292. The largest absolute Gasteiger partial charge is 0.497 e. The van der Waals surface area contributed by atoms with Crippen LogP contribution >= 0.6 is 23.2 Å². The summed E-state index contributed by atoms with van der Waals surface area (Å²) in [5, 5.41) is 6.80. The van der Waals surface area contributed by atoms with E-state index in [9.17, 15) is 14.4 Å². The molecule has 0 aliphatic heterocycles. The number of anilines is 1. The number of nitrogens with zero attached hydrogens (tertiary/aromatic N) is 1. The number of carbonyl (C=O) groups is 1. The normalized spacial score (nSPS) is 11.7. The van der Waals surface area contributed by atoms with Crippen LogP contribution in [0.2, 0.25) is 10.0 Å². The number of methoxy groups -OCH3 is 1. The number of aromatic amines is 1. The number of ether oxygens (including phenoxy) is 1. The highest BCUT2D eigenvalue weighted by Gasteiger charge is 2.20. The minimum absolute atomic E-state index is 0.0205. The van der Waals surface area contributed by atoms with E-state index in [2.05, 4.69) is 15.6 Å². The van der Waals surface area contributed by atoms with Crippen LogP contribution in [-0.2, 0) is 20.0 Å². The third-order valence-electron chi connectivity index (χ3n) is 5.39. The van der Waals surface area contributed by atoms with E-state index < -0.39 is 17.2 Å². The summed E-state index contributed by atoms with van der Waals surface area (Å²) in [4.78, 5) is 40.4. The Morgan fingerprint density at radius 3 is 2.41 bits per heavy atom. The standard InChI is InChI=1S/C24H26Cl2N4O4/c1-14(4-5-15-8-11-18(25)19(26)12-15)28-22(31)20-21(23(32)30(2)24(33)29-20)27-13-16-6-9-17(34-3)10-7-16/h6-12,14,27H,4-5,13H2,1-3H3,(H,28,31)(H,29,33)/t14-/m1/s1. The molecule has 0 aliphatic carbocycles. The second-order valence-electron chi connectivity index (χ2n) is 7.91. The van der Waals surface area contributed by atoms with Crippen molar-refractivity contribution in [3.05, 3.63) is 90.2 Å². The van der Waals surface area contributed by atoms with Gasteiger partial charge in [0.05, 0.1) is 17.2 Å². The van der Waals surface area contributed by atoms with E-state index in [1.807, 2.05) is 25.1 Å². The van der Waals surface area contributed by atoms with Gasteiger partial charge in [0.25, 0.3) is 11.5 Å². The van der Waals surface area contributed by atoms with Gasteiger partial charge in [0.1, 0.15) is 17.1 Å². The number of hydrogen-bond acceptors (Lipinski definition) is 5. The molecule has 1 amide bonds. The molecule has 3 aromatic rings. The molecule has 10 heteroatoms. The highest BCUT2D eigenvalue weighted by molar-refractivity contribution is 6.42. The first-order valence-electron chi connectivity index (χ1n) is 10.6. The maximum Gasteiger partial charge on any atom is 0.328 e. The Kier molecular flexibility index (Phi) is 8.41. The Morgan fingerprint density at radius 2 is 1.76 bits per heavy atom. The maximum absolute atomic E-state index is 13.0. The lowest BCUT2D eigenvalue weighted by Gasteiger charge is -2.17. The number of benzene rings is 2. The lowest BCUT2D eigenvalue weighted by Crippen LogP contribution is -2.41. The summed E-state index contributed by atoms with van der Waals surface area (Å²) in [6.45, 7) is 2.12. The van der Waals surface area contributed by atoms with E-state index in [1.165, 1.54) is 7.05 Å². The second-order valence-corrected chi connectivity index (χ2v) is 8.72. The van der Waals surface area contributed by atoms with E-state index in [0.717, 1.165) is 15.7 Å². The average molecular weight is 505 g/mol. The number of hydrogen-bond donors (Lipinski definition) is 3. The molecule has 3 N–H and O–H groups in total. The van der Waals surface area contributed by atoms with Gasteiger partial charge in [0.15, 0.2) is 0 Å². The zero-order valence-corrected chi connectivity index (χ0v) is 20.6. The van der Waals surface area contributed by atoms with Gasteiger partial charge in [-0.05, 0) is 55.2 Å². The van der Waals surface area contributed by atoms with Crippen LogP contribution in [0.25, 0.3) is 0 Å². The van der Waals surface area contributed by atoms with E-state index in [4.69, 9.17) is 27.9 Å². The predicted molar refractivity (Wildman–Crippen MR) is 134 cm³/mol. The first-order valence-corrected chi connectivity index (χ1v) is 11.4. The molecular weight excluding hydrogens is 479 g/mol. The second kappa shape index (κ2) is 11.3. The van der Waals surface area contributed by atoms with Crippen molar-refractivity contribution in [2.24, 2.45) is 7.05 Å². The molecule has 2 aromatic carbocycles. The van der Waals surface area contributed by atoms with Gasteiger partial charge in [-0.1, -0.05) is 41.4 Å². The Hall–Kier alpha value is -3.23. The molecule has 180 valence electrons. The van der Waals surface area contributed by atoms with Crippen LogP contribution in [-0.4, -0.2) is 28.6 Å². The molecule has 0 unspecified atom stereocenters. The molecule has 0 saturated carbocycles. The highest BCUT2D eigenvalue weighted by Crippen LogP contribution is 2.23. The first-order chi connectivity index (χ1) is 16.2. The van der Waals surface area contributed by atoms with Crippen LogP contribution in [0.1, 0.15) is 35.0 Å². The Labute approximate surface area is 206 Å². The highest BCUT2D eigenvalue weighted by atomic mass is 35.5. The van der Waals surface area contributed by atoms with Crippen molar-refractivity contribution >= 4 is 34.8 Å². The molecule has 34 heavy (non-hydrogen) atoms. The average Bonchev–Trinajstić information content (AvgIpc) is 2.82. The summed E-state index contributed by atoms with van der Waals surface area (Å²) in [5.41, 5.74) is 0.504. The number of aromatic nitrogens is 2. The summed E-state index contributed by atoms with van der Waals surface area (Å²) in [6.07, 6.45) is 1.28. The van der Waals surface area contributed by atoms with Gasteiger partial charge in [-0.3, -0.25) is 14.2 Å². The minimum atomic E-state index is -0.673. The number of rotatable bonds is 9. The van der Waals surface area contributed by atoms with E-state index >= 15 is 0 Å². The van der Waals surface area contributed by atoms with Gasteiger partial charge in [0, 0.05) is 19.6 Å². The molecule has 0 fully saturated rings. The molecule has 3 rings (SSSR count). The van der Waals surface area contributed by atoms with Gasteiger partial charge in [0.2, 0.25) is 0 Å². The van der Waals surface area contributed by atoms with Crippen molar-refractivity contribution in [1.29, 1.82) is 0 Å². The summed E-state index contributed by atoms with van der Waals surface area (Å²) in [7, 11) is 2.93. The predicted octanol–water partition coefficient (Wildman–Crippen LogP) is 3.75. The van der Waals surface area contributed by atoms with Crippen LogP contribution in [0.3, 0.4) is 0 Å². The summed E-state index contributed by atoms with van der Waals surface area (Å²) in [5.74, 6) is 0.160. The van der Waals surface area contributed by atoms with Crippen molar-refractivity contribution in [3.63, 3.8) is 0 Å². The zero-order valence-electron chi connectivity index (χ0n) is 19.1. The monoisotopic (exact) mass is 504 g/mol. The van der Waals surface area contributed by atoms with Crippen LogP contribution in [0.15, 0.2) is 52.1 Å². The number of amides is 1. The fourth-order valence-corrected chi connectivity index (χ4v) is 3.66. The van der Waals surface area contributed by atoms with Crippen LogP contribution in [0.5, 0.6) is 5.75 Å². The zero-order chi connectivity index (χ0) is 24.8. The first kappa shape index (κ1) is 25.4. The SMILES string of the molecule is COc1ccc(CNc2c(C(=O)N[C@H](C)CCc3ccc(Cl)c(Cl)c3)[nH]c(=O)n(C)c2=O)cc1. The Bertz CT molecular complexity index is 1290. The lowest BCUT2D eigenvalue weighted by atomic mass is 10.1. The number of nitrogens with one attached hydrogen (secondary N) is 3. The van der Waals surface area contributed by atoms with Crippen LogP contribution in [0.4, 0.5) is 5.69 Å². The quantitative estimate of drug-likeness (QED) is 0.411. The van der Waals surface area contributed by atoms with Crippen LogP contribution in [0, 0.1) is 0 Å². The Balaban J connectivity index is 1.73. The molecule has 8 nitrogen and oxygen atoms in total. The minimum Gasteiger partial charge on any atom is -0.497 e. The van der Waals surface area contributed by atoms with Crippen molar-refractivity contribution in [1.82, 2.24) is 14.9 Å². The van der Waals surface area contributed by atoms with Crippen LogP contribution < -0.4 is 26.6 Å². The van der Waals surface area contributed by atoms with Crippen molar-refractivity contribution in [2.75, 3.05) is 12.4 Å². The van der Waals surface area contributed by atoms with Crippen molar-refractivity contribution in [3.8, 4) is 5.75 Å². The molecule has 0 saturated heterocycles. The summed E-state index contributed by atoms with van der Waals surface area (Å²) in [6, 6.07) is 12.4. The van der Waals surface area contributed by atoms with Gasteiger partial charge in [-0.2, -0.15) is 0 Å². The molecule has 1 atom stereocenters. The van der Waals surface area contributed by atoms with Gasteiger partial charge in [-0.15, -0.1) is 0 Å². The fourth-order valence-electron chi connectivity index (χ4n) is 3.33. The lowest BCUT2D eigenvalue weighted by molar-refractivity contribution is 0.0933. The molecule has 0 aliphatic rings. The number of aryl methyl sites for hydroxylation is 1. The van der Waals surface area contributed by atoms with E-state index in [0.29, 0.717) is 28.6 Å². The van der Waals surface area contributed by atoms with E-state index in [-0.39, 0.29) is 24.0 Å². The molecule has 0 bridgehead atoms. The molecule has 0 radical (unpaired) electrons. The summed E-state index contributed by atoms with van der Waals surface area (Å²) >= 11 is 12.0. The van der Waals surface area contributed by atoms with Gasteiger partial charge in [-0.25, -0.2) is 4.79 Å².